The average Bonchev–Trinajstić information content (AvgIpc) is 2.24. The molecule has 8 heteroatoms. The van der Waals surface area contributed by atoms with Gasteiger partial charge in [0.05, 0.1) is 0 Å². The first-order valence-electron chi connectivity index (χ1n) is 6.70. The van der Waals surface area contributed by atoms with Crippen LogP contribution in [0.1, 0.15) is 71.1 Å². The van der Waals surface area contributed by atoms with E-state index in [9.17, 15) is 9.90 Å². The molecule has 0 aliphatic heterocycles. The zero-order valence-electron chi connectivity index (χ0n) is 12.2. The summed E-state index contributed by atoms with van der Waals surface area (Å²) in [5, 5.41) is 10.1. The van der Waals surface area contributed by atoms with Crippen molar-refractivity contribution in [2.75, 3.05) is 0 Å². The number of hydrogen-bond donors (Lipinski definition) is 0. The van der Waals surface area contributed by atoms with E-state index in [1.807, 2.05) is 0 Å². The largest absolute Gasteiger partial charge is 2.00 e. The van der Waals surface area contributed by atoms with Gasteiger partial charge in [-0.25, -0.2) is 0 Å². The molecule has 0 bridgehead atoms. The summed E-state index contributed by atoms with van der Waals surface area (Å²) in [5.41, 5.74) is 0. The van der Waals surface area contributed by atoms with E-state index in [-0.39, 0.29) is 25.9 Å². The third kappa shape index (κ3) is 42.9. The predicted molar refractivity (Wildman–Crippen MR) is 64.5 cm³/mol. The van der Waals surface area contributed by atoms with E-state index in [0.29, 0.717) is 0 Å². The van der Waals surface area contributed by atoms with Crippen LogP contribution in [0.25, 0.3) is 0 Å². The van der Waals surface area contributed by atoms with Crippen molar-refractivity contribution in [3.05, 3.63) is 0 Å². The Morgan fingerprint density at radius 3 is 1.45 bits per heavy atom. The van der Waals surface area contributed by atoms with Crippen molar-refractivity contribution >= 4 is 13.8 Å². The third-order valence-corrected chi connectivity index (χ3v) is 2.48. The molecule has 20 heavy (non-hydrogen) atoms. The Balaban J connectivity index is -0.000000414. The monoisotopic (exact) mass is 358 g/mol. The van der Waals surface area contributed by atoms with Crippen LogP contribution < -0.4 is 19.8 Å². The Hall–Kier alpha value is 0.203. The molecule has 0 unspecified atom stereocenters. The Morgan fingerprint density at radius 1 is 0.850 bits per heavy atom. The smallest absolute Gasteiger partial charge is 0.822 e. The van der Waals surface area contributed by atoms with Crippen molar-refractivity contribution in [3.8, 4) is 0 Å². The van der Waals surface area contributed by atoms with Gasteiger partial charge >= 0.3 is 19.5 Å². The van der Waals surface area contributed by atoms with Gasteiger partial charge in [-0.05, 0) is 12.8 Å². The van der Waals surface area contributed by atoms with E-state index in [0.717, 1.165) is 12.8 Å². The quantitative estimate of drug-likeness (QED) is 0.303. The van der Waals surface area contributed by atoms with Crippen LogP contribution in [0.3, 0.4) is 0 Å². The molecule has 0 fully saturated rings. The molecule has 0 aliphatic rings. The summed E-state index contributed by atoms with van der Waals surface area (Å²) in [6, 6.07) is 0. The second-order valence-electron chi connectivity index (χ2n) is 4.40. The van der Waals surface area contributed by atoms with Gasteiger partial charge in [0.1, 0.15) is 0 Å². The Kier molecular flexibility index (Phi) is 21.7. The SMILES string of the molecule is CCCCCCCCCCCC(=O)[O-].O=P([O-])([O-])[O-].[Zn+2]. The summed E-state index contributed by atoms with van der Waals surface area (Å²) in [4.78, 5) is 35.7. The van der Waals surface area contributed by atoms with Crippen LogP contribution in [0, 0.1) is 0 Å². The van der Waals surface area contributed by atoms with Crippen molar-refractivity contribution in [2.45, 2.75) is 71.1 Å². The molecule has 0 saturated heterocycles. The van der Waals surface area contributed by atoms with Gasteiger partial charge in [0, 0.05) is 5.97 Å². The van der Waals surface area contributed by atoms with E-state index in [2.05, 4.69) is 6.92 Å². The summed E-state index contributed by atoms with van der Waals surface area (Å²) in [7, 11) is -5.39. The number of hydrogen-bond acceptors (Lipinski definition) is 6. The molecule has 0 N–H and O–H groups in total. The topological polar surface area (TPSA) is 126 Å². The molecule has 0 aromatic carbocycles. The maximum atomic E-state index is 10.1. The van der Waals surface area contributed by atoms with E-state index in [1.165, 1.54) is 44.9 Å². The summed E-state index contributed by atoms with van der Waals surface area (Å²) in [6.45, 7) is 2.22. The molecule has 6 nitrogen and oxygen atoms in total. The van der Waals surface area contributed by atoms with Gasteiger partial charge in [-0.2, -0.15) is 7.82 Å². The minimum absolute atomic E-state index is 0. The maximum Gasteiger partial charge on any atom is 2.00 e. The van der Waals surface area contributed by atoms with Gasteiger partial charge in [0.25, 0.3) is 0 Å². The van der Waals surface area contributed by atoms with Gasteiger partial charge in [-0.15, -0.1) is 0 Å². The summed E-state index contributed by atoms with van der Waals surface area (Å²) in [5.74, 6) is -0.909. The molecule has 0 aromatic rings. The average molecular weight is 360 g/mol. The molecule has 0 heterocycles. The molecule has 0 atom stereocenters. The normalized spacial score (nSPS) is 10.2. The number of phosphoric acid groups is 1. The van der Waals surface area contributed by atoms with Gasteiger partial charge in [0.2, 0.25) is 0 Å². The van der Waals surface area contributed by atoms with Crippen LogP contribution in [0.4, 0.5) is 0 Å². The molecule has 116 valence electrons. The molecule has 0 aromatic heterocycles. The summed E-state index contributed by atoms with van der Waals surface area (Å²) in [6.07, 6.45) is 11.2. The number of carboxylic acid groups (broad SMARTS) is 1. The number of carbonyl (C=O) groups excluding carboxylic acids is 1. The van der Waals surface area contributed by atoms with Gasteiger partial charge in [-0.1, -0.05) is 58.3 Å². The first-order valence-corrected chi connectivity index (χ1v) is 8.16. The number of carbonyl (C=O) groups is 1. The Morgan fingerprint density at radius 2 is 1.15 bits per heavy atom. The molecular formula is C12H23O6PZn-2. The van der Waals surface area contributed by atoms with Crippen LogP contribution in [-0.4, -0.2) is 5.97 Å². The van der Waals surface area contributed by atoms with E-state index < -0.39 is 13.8 Å². The van der Waals surface area contributed by atoms with E-state index >= 15 is 0 Å². The maximum absolute atomic E-state index is 10.1. The molecular weight excluding hydrogens is 336 g/mol. The minimum Gasteiger partial charge on any atom is -0.822 e. The van der Waals surface area contributed by atoms with E-state index in [1.54, 1.807) is 0 Å². The number of unbranched alkanes of at least 4 members (excludes halogenated alkanes) is 8. The van der Waals surface area contributed by atoms with Crippen molar-refractivity contribution in [2.24, 2.45) is 0 Å². The molecule has 0 radical (unpaired) electrons. The molecule has 0 saturated carbocycles. The van der Waals surface area contributed by atoms with Crippen molar-refractivity contribution in [3.63, 3.8) is 0 Å². The van der Waals surface area contributed by atoms with Crippen molar-refractivity contribution < 1.29 is 48.6 Å². The van der Waals surface area contributed by atoms with Gasteiger partial charge in [0.15, 0.2) is 0 Å². The zero-order valence-corrected chi connectivity index (χ0v) is 16.0. The summed E-state index contributed by atoms with van der Waals surface area (Å²) < 4.78 is 8.55. The molecule has 0 amide bonds. The second-order valence-corrected chi connectivity index (χ2v) is 5.29. The zero-order chi connectivity index (χ0) is 15.1. The fourth-order valence-electron chi connectivity index (χ4n) is 1.58. The fourth-order valence-corrected chi connectivity index (χ4v) is 1.58. The van der Waals surface area contributed by atoms with Crippen LogP contribution in [-0.2, 0) is 28.8 Å². The van der Waals surface area contributed by atoms with Crippen LogP contribution >= 0.6 is 7.82 Å². The van der Waals surface area contributed by atoms with Gasteiger partial charge < -0.3 is 29.1 Å². The van der Waals surface area contributed by atoms with Gasteiger partial charge in [-0.3, -0.25) is 0 Å². The van der Waals surface area contributed by atoms with Crippen LogP contribution in [0.5, 0.6) is 0 Å². The predicted octanol–water partition coefficient (Wildman–Crippen LogP) is -0.170. The standard InChI is InChI=1S/C12H24O2.H3O4P.Zn/c1-2-3-4-5-6-7-8-9-10-11-12(13)14;1-5(2,3)4;/h2-11H2,1H3,(H,13,14);(H3,1,2,3,4);/q;;+2/p-4. The molecule has 0 aliphatic carbocycles. The molecule has 0 spiro atoms. The third-order valence-electron chi connectivity index (χ3n) is 2.48. The Labute approximate surface area is 134 Å². The fraction of sp³-hybridized carbons (Fsp3) is 0.917. The first kappa shape index (κ1) is 25.2. The number of rotatable bonds is 10. The number of aliphatic carboxylic acids is 1. The van der Waals surface area contributed by atoms with Crippen LogP contribution in [0.2, 0.25) is 0 Å². The van der Waals surface area contributed by atoms with Crippen molar-refractivity contribution in [1.82, 2.24) is 0 Å². The minimum atomic E-state index is -5.39. The van der Waals surface area contributed by atoms with Crippen molar-refractivity contribution in [1.29, 1.82) is 0 Å². The first-order chi connectivity index (χ1) is 8.77. The summed E-state index contributed by atoms with van der Waals surface area (Å²) >= 11 is 0. The molecule has 0 rings (SSSR count). The second kappa shape index (κ2) is 17.3. The van der Waals surface area contributed by atoms with Crippen LogP contribution in [0.15, 0.2) is 0 Å². The number of carboxylic acids is 1. The Bertz CT molecular complexity index is 248. The van der Waals surface area contributed by atoms with E-state index in [4.69, 9.17) is 19.2 Å².